The summed E-state index contributed by atoms with van der Waals surface area (Å²) in [6, 6.07) is 0.246. The second-order valence-corrected chi connectivity index (χ2v) is 5.67. The Hall–Kier alpha value is -0.940. The van der Waals surface area contributed by atoms with Crippen molar-refractivity contribution in [2.45, 2.75) is 45.6 Å². The van der Waals surface area contributed by atoms with Gasteiger partial charge in [-0.1, -0.05) is 6.42 Å². The van der Waals surface area contributed by atoms with Crippen molar-refractivity contribution in [3.8, 4) is 0 Å². The maximum atomic E-state index is 12.3. The minimum Gasteiger partial charge on any atom is -0.468 e. The van der Waals surface area contributed by atoms with Gasteiger partial charge in [0.1, 0.15) is 5.41 Å². The van der Waals surface area contributed by atoms with E-state index >= 15 is 0 Å². The van der Waals surface area contributed by atoms with Gasteiger partial charge in [0.15, 0.2) is 5.78 Å². The van der Waals surface area contributed by atoms with E-state index in [1.54, 1.807) is 13.8 Å². The van der Waals surface area contributed by atoms with Crippen molar-refractivity contribution in [1.82, 2.24) is 4.90 Å². The smallest absolute Gasteiger partial charge is 0.318 e. The van der Waals surface area contributed by atoms with Crippen LogP contribution in [0.4, 0.5) is 0 Å². The Morgan fingerprint density at radius 2 is 2.05 bits per heavy atom. The molecule has 1 rings (SSSR count). The summed E-state index contributed by atoms with van der Waals surface area (Å²) >= 11 is 0. The Balaban J connectivity index is 2.66. The van der Waals surface area contributed by atoms with E-state index in [0.29, 0.717) is 6.42 Å². The molecular weight excluding hydrogens is 246 g/mol. The molecule has 19 heavy (non-hydrogen) atoms. The molecular formula is C14H25NO4. The molecule has 0 saturated carbocycles. The van der Waals surface area contributed by atoms with Gasteiger partial charge in [0.05, 0.1) is 13.7 Å². The van der Waals surface area contributed by atoms with E-state index in [1.807, 2.05) is 0 Å². The molecule has 1 fully saturated rings. The van der Waals surface area contributed by atoms with Gasteiger partial charge in [-0.15, -0.1) is 0 Å². The first kappa shape index (κ1) is 16.1. The molecule has 0 amide bonds. The van der Waals surface area contributed by atoms with Crippen LogP contribution in [0.25, 0.3) is 0 Å². The second-order valence-electron chi connectivity index (χ2n) is 5.67. The molecule has 1 atom stereocenters. The molecule has 0 aromatic carbocycles. The first-order chi connectivity index (χ1) is 8.93. The van der Waals surface area contributed by atoms with Crippen LogP contribution in [0.1, 0.15) is 39.5 Å². The predicted molar refractivity (Wildman–Crippen MR) is 71.7 cm³/mol. The van der Waals surface area contributed by atoms with Crippen molar-refractivity contribution in [2.75, 3.05) is 26.8 Å². The lowest BCUT2D eigenvalue weighted by Crippen LogP contribution is -2.47. The fraction of sp³-hybridized carbons (Fsp3) is 0.857. The quantitative estimate of drug-likeness (QED) is 0.576. The molecule has 0 spiro atoms. The van der Waals surface area contributed by atoms with E-state index in [4.69, 9.17) is 5.11 Å². The lowest BCUT2D eigenvalue weighted by molar-refractivity contribution is -0.156. The number of hydrogen-bond donors (Lipinski definition) is 1. The van der Waals surface area contributed by atoms with Crippen LogP contribution in [0, 0.1) is 5.41 Å². The normalized spacial score (nSPS) is 21.2. The maximum absolute atomic E-state index is 12.3. The van der Waals surface area contributed by atoms with Crippen LogP contribution < -0.4 is 0 Å². The summed E-state index contributed by atoms with van der Waals surface area (Å²) in [7, 11) is 1.30. The number of likely N-dealkylation sites (tertiary alicyclic amines) is 1. The highest BCUT2D eigenvalue weighted by molar-refractivity contribution is 6.03. The van der Waals surface area contributed by atoms with Crippen molar-refractivity contribution in [3.05, 3.63) is 0 Å². The maximum Gasteiger partial charge on any atom is 0.318 e. The van der Waals surface area contributed by atoms with Crippen LogP contribution in [0.15, 0.2) is 0 Å². The van der Waals surface area contributed by atoms with Crippen LogP contribution >= 0.6 is 0 Å². The Labute approximate surface area is 114 Å². The van der Waals surface area contributed by atoms with Crippen LogP contribution in [-0.4, -0.2) is 54.6 Å². The lowest BCUT2D eigenvalue weighted by Gasteiger charge is -2.36. The van der Waals surface area contributed by atoms with Crippen molar-refractivity contribution in [2.24, 2.45) is 5.41 Å². The zero-order valence-electron chi connectivity index (χ0n) is 12.1. The molecule has 5 heteroatoms. The zero-order chi connectivity index (χ0) is 14.5. The fourth-order valence-electron chi connectivity index (χ4n) is 2.50. The highest BCUT2D eigenvalue weighted by Gasteiger charge is 2.38. The summed E-state index contributed by atoms with van der Waals surface area (Å²) in [5, 5.41) is 9.07. The van der Waals surface area contributed by atoms with Gasteiger partial charge in [0.25, 0.3) is 0 Å². The molecule has 0 radical (unpaired) electrons. The molecule has 0 bridgehead atoms. The van der Waals surface area contributed by atoms with Crippen LogP contribution in [0.2, 0.25) is 0 Å². The first-order valence-electron chi connectivity index (χ1n) is 6.90. The van der Waals surface area contributed by atoms with Crippen molar-refractivity contribution >= 4 is 11.8 Å². The second kappa shape index (κ2) is 7.01. The number of Topliss-reactive ketones (excluding diaryl/α,β-unsaturated/α-hetero) is 1. The SMILES string of the molecule is COC(=O)C(C)(C)C(=O)CN1CCCCC1CCO. The standard InChI is InChI=1S/C14H25NO4/c1-14(2,13(18)19-3)12(17)10-15-8-5-4-6-11(15)7-9-16/h11,16H,4-10H2,1-3H3. The first-order valence-corrected chi connectivity index (χ1v) is 6.90. The molecule has 1 aliphatic heterocycles. The van der Waals surface area contributed by atoms with Gasteiger partial charge < -0.3 is 9.84 Å². The van der Waals surface area contributed by atoms with Crippen molar-refractivity contribution in [3.63, 3.8) is 0 Å². The minimum absolute atomic E-state index is 0.121. The Morgan fingerprint density at radius 3 is 2.63 bits per heavy atom. The molecule has 1 saturated heterocycles. The average Bonchev–Trinajstić information content (AvgIpc) is 2.40. The third-order valence-electron chi connectivity index (χ3n) is 3.95. The van der Waals surface area contributed by atoms with Gasteiger partial charge in [-0.25, -0.2) is 0 Å². The predicted octanol–water partition coefficient (Wildman–Crippen LogP) is 0.992. The largest absolute Gasteiger partial charge is 0.468 e. The number of piperidine rings is 1. The Morgan fingerprint density at radius 1 is 1.37 bits per heavy atom. The Bertz CT molecular complexity index is 325. The van der Waals surface area contributed by atoms with E-state index in [-0.39, 0.29) is 25.0 Å². The molecule has 1 aliphatic rings. The molecule has 1 unspecified atom stereocenters. The topological polar surface area (TPSA) is 66.8 Å². The Kier molecular flexibility index (Phi) is 5.94. The number of esters is 1. The lowest BCUT2D eigenvalue weighted by atomic mass is 9.87. The van der Waals surface area contributed by atoms with Gasteiger partial charge in [0, 0.05) is 12.6 Å². The molecule has 1 heterocycles. The molecule has 0 aliphatic carbocycles. The molecule has 110 valence electrons. The van der Waals surface area contributed by atoms with E-state index in [2.05, 4.69) is 9.64 Å². The number of hydrogen-bond acceptors (Lipinski definition) is 5. The van der Waals surface area contributed by atoms with Gasteiger partial charge in [0.2, 0.25) is 0 Å². The summed E-state index contributed by atoms with van der Waals surface area (Å²) in [5.41, 5.74) is -1.10. The molecule has 0 aromatic rings. The molecule has 0 aromatic heterocycles. The van der Waals surface area contributed by atoms with E-state index in [1.165, 1.54) is 7.11 Å². The van der Waals surface area contributed by atoms with E-state index < -0.39 is 11.4 Å². The number of aliphatic hydroxyl groups is 1. The molecule has 5 nitrogen and oxygen atoms in total. The number of ketones is 1. The number of aliphatic hydroxyl groups excluding tert-OH is 1. The number of carbonyl (C=O) groups excluding carboxylic acids is 2. The van der Waals surface area contributed by atoms with Crippen LogP contribution in [0.3, 0.4) is 0 Å². The third-order valence-corrected chi connectivity index (χ3v) is 3.95. The highest BCUT2D eigenvalue weighted by atomic mass is 16.5. The summed E-state index contributed by atoms with van der Waals surface area (Å²) in [6.45, 7) is 4.45. The number of methoxy groups -OCH3 is 1. The average molecular weight is 271 g/mol. The van der Waals surface area contributed by atoms with E-state index in [0.717, 1.165) is 25.8 Å². The van der Waals surface area contributed by atoms with Crippen LogP contribution in [0.5, 0.6) is 0 Å². The van der Waals surface area contributed by atoms with Gasteiger partial charge in [-0.3, -0.25) is 14.5 Å². The number of carbonyl (C=O) groups is 2. The number of rotatable bonds is 6. The number of nitrogens with zero attached hydrogens (tertiary/aromatic N) is 1. The summed E-state index contributed by atoms with van der Waals surface area (Å²) in [4.78, 5) is 26.0. The van der Waals surface area contributed by atoms with Crippen molar-refractivity contribution in [1.29, 1.82) is 0 Å². The van der Waals surface area contributed by atoms with E-state index in [9.17, 15) is 9.59 Å². The monoisotopic (exact) mass is 271 g/mol. The third kappa shape index (κ3) is 4.01. The van der Waals surface area contributed by atoms with Gasteiger partial charge >= 0.3 is 5.97 Å². The van der Waals surface area contributed by atoms with Gasteiger partial charge in [-0.05, 0) is 39.7 Å². The summed E-state index contributed by atoms with van der Waals surface area (Å²) in [6.07, 6.45) is 3.89. The van der Waals surface area contributed by atoms with Gasteiger partial charge in [-0.2, -0.15) is 0 Å². The number of ether oxygens (including phenoxy) is 1. The minimum atomic E-state index is -1.10. The summed E-state index contributed by atoms with van der Waals surface area (Å²) < 4.78 is 4.68. The summed E-state index contributed by atoms with van der Waals surface area (Å²) in [5.74, 6) is -0.614. The molecule has 1 N–H and O–H groups in total. The van der Waals surface area contributed by atoms with Crippen molar-refractivity contribution < 1.29 is 19.4 Å². The van der Waals surface area contributed by atoms with Crippen LogP contribution in [-0.2, 0) is 14.3 Å². The highest BCUT2D eigenvalue weighted by Crippen LogP contribution is 2.23. The zero-order valence-corrected chi connectivity index (χ0v) is 12.1. The fourth-order valence-corrected chi connectivity index (χ4v) is 2.50.